The molecule has 1 aromatic carbocycles. The topological polar surface area (TPSA) is 84.1 Å². The number of piperidine rings is 1. The van der Waals surface area contributed by atoms with Crippen molar-refractivity contribution in [2.24, 2.45) is 11.7 Å². The second-order valence-electron chi connectivity index (χ2n) is 7.43. The van der Waals surface area contributed by atoms with E-state index in [9.17, 15) is 9.59 Å². The van der Waals surface area contributed by atoms with Crippen LogP contribution >= 0.6 is 0 Å². The predicted octanol–water partition coefficient (Wildman–Crippen LogP) is 2.96. The van der Waals surface area contributed by atoms with Gasteiger partial charge in [0.05, 0.1) is 11.3 Å². The number of nitrogens with two attached hydrogens (primary N) is 1. The van der Waals surface area contributed by atoms with E-state index in [-0.39, 0.29) is 0 Å². The van der Waals surface area contributed by atoms with Gasteiger partial charge >= 0.3 is 6.03 Å². The third kappa shape index (κ3) is 3.53. The molecule has 0 atom stereocenters. The van der Waals surface area contributed by atoms with Crippen molar-refractivity contribution in [1.82, 2.24) is 14.5 Å². The lowest BCUT2D eigenvalue weighted by molar-refractivity contribution is 0.185. The molecule has 1 aliphatic heterocycles. The number of nitrogens with one attached hydrogen (secondary N) is 1. The number of amides is 1. The van der Waals surface area contributed by atoms with Crippen molar-refractivity contribution in [2.45, 2.75) is 26.3 Å². The molecule has 139 valence electrons. The number of fused-ring (bicyclic) bond motifs is 1. The van der Waals surface area contributed by atoms with Gasteiger partial charge in [-0.25, -0.2) is 9.36 Å². The molecule has 6 nitrogen and oxygen atoms in total. The summed E-state index contributed by atoms with van der Waals surface area (Å²) >= 11 is 0. The van der Waals surface area contributed by atoms with Crippen LogP contribution in [-0.2, 0) is 6.54 Å². The minimum absolute atomic E-state index is 0.374. The van der Waals surface area contributed by atoms with E-state index < -0.39 is 11.6 Å². The average Bonchev–Trinajstić information content (AvgIpc) is 3.06. The maximum absolute atomic E-state index is 12.5. The van der Waals surface area contributed by atoms with Gasteiger partial charge in [-0.15, -0.1) is 0 Å². The van der Waals surface area contributed by atoms with Crippen LogP contribution in [0, 0.1) is 12.0 Å². The molecule has 1 aliphatic rings. The molecule has 2 aromatic heterocycles. The Bertz CT molecular complexity index is 1040. The van der Waals surface area contributed by atoms with Crippen LogP contribution in [0.3, 0.4) is 0 Å². The highest BCUT2D eigenvalue weighted by Crippen LogP contribution is 2.24. The smallest absolute Gasteiger partial charge is 0.325 e. The molecule has 0 spiro atoms. The number of likely N-dealkylation sites (tertiary alicyclic amines) is 1. The lowest BCUT2D eigenvalue weighted by Crippen LogP contribution is -2.32. The summed E-state index contributed by atoms with van der Waals surface area (Å²) in [6, 6.07) is 11.8. The van der Waals surface area contributed by atoms with E-state index in [0.717, 1.165) is 41.0 Å². The fourth-order valence-electron chi connectivity index (χ4n) is 3.71. The molecule has 27 heavy (non-hydrogen) atoms. The number of aromatic nitrogens is 2. The zero-order valence-corrected chi connectivity index (χ0v) is 15.4. The van der Waals surface area contributed by atoms with Gasteiger partial charge in [0.15, 0.2) is 0 Å². The van der Waals surface area contributed by atoms with Crippen molar-refractivity contribution in [2.75, 3.05) is 13.1 Å². The monoisotopic (exact) mass is 363 g/mol. The van der Waals surface area contributed by atoms with Gasteiger partial charge in [-0.1, -0.05) is 13.0 Å². The molecule has 6 heteroatoms. The Kier molecular flexibility index (Phi) is 4.58. The van der Waals surface area contributed by atoms with Gasteiger partial charge < -0.3 is 10.7 Å². The number of primary amides is 1. The Balaban J connectivity index is 1.63. The summed E-state index contributed by atoms with van der Waals surface area (Å²) in [6.45, 7) is 5.54. The second-order valence-corrected chi connectivity index (χ2v) is 7.43. The van der Waals surface area contributed by atoms with Gasteiger partial charge in [0.2, 0.25) is 0 Å². The lowest BCUT2D eigenvalue weighted by atomic mass is 9.99. The zero-order chi connectivity index (χ0) is 19.0. The van der Waals surface area contributed by atoms with Gasteiger partial charge in [-0.05, 0) is 61.7 Å². The van der Waals surface area contributed by atoms with Crippen molar-refractivity contribution in [3.8, 4) is 11.3 Å². The molecule has 3 N–H and O–H groups in total. The molecule has 0 unspecified atom stereocenters. The van der Waals surface area contributed by atoms with Crippen molar-refractivity contribution in [3.05, 3.63) is 58.5 Å². The summed E-state index contributed by atoms with van der Waals surface area (Å²) in [5.74, 6) is 0.822. The van der Waals surface area contributed by atoms with Crippen LogP contribution in [0.4, 0.5) is 4.79 Å². The van der Waals surface area contributed by atoms with Gasteiger partial charge in [-0.3, -0.25) is 9.69 Å². The minimum Gasteiger partial charge on any atom is -0.354 e. The molecule has 1 amide bonds. The van der Waals surface area contributed by atoms with E-state index in [1.807, 2.05) is 12.1 Å². The molecule has 3 heterocycles. The molecular formula is C21H23N4O2. The van der Waals surface area contributed by atoms with Gasteiger partial charge in [0.25, 0.3) is 5.56 Å². The van der Waals surface area contributed by atoms with Crippen LogP contribution in [-0.4, -0.2) is 33.6 Å². The molecule has 1 fully saturated rings. The summed E-state index contributed by atoms with van der Waals surface area (Å²) in [7, 11) is 0. The Hall–Kier alpha value is -2.86. The fraction of sp³-hybridized carbons (Fsp3) is 0.333. The maximum Gasteiger partial charge on any atom is 0.325 e. The maximum atomic E-state index is 12.5. The number of H-pyrrole nitrogens is 1. The third-order valence-electron chi connectivity index (χ3n) is 5.38. The highest BCUT2D eigenvalue weighted by Gasteiger charge is 2.16. The number of aromatic amines is 1. The van der Waals surface area contributed by atoms with Crippen LogP contribution in [0.1, 0.15) is 25.3 Å². The van der Waals surface area contributed by atoms with E-state index in [1.165, 1.54) is 24.6 Å². The molecule has 0 aliphatic carbocycles. The van der Waals surface area contributed by atoms with Crippen molar-refractivity contribution in [3.63, 3.8) is 0 Å². The number of rotatable bonds is 3. The first-order valence-electron chi connectivity index (χ1n) is 9.28. The number of pyridine rings is 1. The first-order valence-corrected chi connectivity index (χ1v) is 9.28. The van der Waals surface area contributed by atoms with Gasteiger partial charge in [-0.2, -0.15) is 0 Å². The normalized spacial score (nSPS) is 16.0. The number of hydrogen-bond donors (Lipinski definition) is 2. The van der Waals surface area contributed by atoms with Gasteiger partial charge in [0.1, 0.15) is 0 Å². The Morgan fingerprint density at radius 3 is 2.81 bits per heavy atom. The van der Waals surface area contributed by atoms with E-state index in [1.54, 1.807) is 6.07 Å². The number of benzene rings is 1. The predicted molar refractivity (Wildman–Crippen MR) is 105 cm³/mol. The van der Waals surface area contributed by atoms with E-state index in [4.69, 9.17) is 5.73 Å². The first kappa shape index (κ1) is 17.5. The Morgan fingerprint density at radius 1 is 1.30 bits per heavy atom. The number of nitrogens with zero attached hydrogens (tertiary/aromatic N) is 2. The average molecular weight is 363 g/mol. The number of carbonyl (C=O) groups is 1. The Labute approximate surface area is 157 Å². The van der Waals surface area contributed by atoms with Gasteiger partial charge in [0, 0.05) is 29.7 Å². The van der Waals surface area contributed by atoms with Crippen molar-refractivity contribution in [1.29, 1.82) is 0 Å². The molecule has 1 saturated heterocycles. The highest BCUT2D eigenvalue weighted by atomic mass is 16.2. The summed E-state index contributed by atoms with van der Waals surface area (Å²) < 4.78 is 0.865. The highest BCUT2D eigenvalue weighted by molar-refractivity contribution is 5.86. The van der Waals surface area contributed by atoms with E-state index in [0.29, 0.717) is 11.3 Å². The second kappa shape index (κ2) is 7.04. The zero-order valence-electron chi connectivity index (χ0n) is 15.4. The summed E-state index contributed by atoms with van der Waals surface area (Å²) in [5, 5.41) is 1.04. The lowest BCUT2D eigenvalue weighted by Gasteiger charge is -2.30. The standard InChI is InChI=1S/C21H23N4O2/c1-14-6-9-24(10-7-14)13-15-4-5-18-16(11-15)12-19(23-18)17-3-2-8-25(20(17)26)21(22)27/h3-5,8,11-12,14,23H,6-7,9-10,13H2,1H3,(H2,22,27). The van der Waals surface area contributed by atoms with Crippen LogP contribution < -0.4 is 11.3 Å². The molecule has 4 rings (SSSR count). The molecule has 0 bridgehead atoms. The largest absolute Gasteiger partial charge is 0.354 e. The van der Waals surface area contributed by atoms with Crippen molar-refractivity contribution >= 4 is 16.9 Å². The van der Waals surface area contributed by atoms with Crippen LogP contribution in [0.25, 0.3) is 22.2 Å². The number of carbonyl (C=O) groups excluding carboxylic acids is 1. The fourth-order valence-corrected chi connectivity index (χ4v) is 3.71. The minimum atomic E-state index is -0.813. The molecule has 3 aromatic rings. The van der Waals surface area contributed by atoms with Crippen LogP contribution in [0.2, 0.25) is 0 Å². The molecule has 1 radical (unpaired) electrons. The van der Waals surface area contributed by atoms with Crippen molar-refractivity contribution < 1.29 is 4.79 Å². The van der Waals surface area contributed by atoms with E-state index in [2.05, 4.69) is 35.0 Å². The molecule has 0 saturated carbocycles. The van der Waals surface area contributed by atoms with Crippen LogP contribution in [0.15, 0.2) is 41.3 Å². The quantitative estimate of drug-likeness (QED) is 0.750. The summed E-state index contributed by atoms with van der Waals surface area (Å²) in [5.41, 5.74) is 8.04. The number of hydrogen-bond acceptors (Lipinski definition) is 3. The first-order chi connectivity index (χ1) is 13.0. The third-order valence-corrected chi connectivity index (χ3v) is 5.38. The van der Waals surface area contributed by atoms with Crippen LogP contribution in [0.5, 0.6) is 0 Å². The van der Waals surface area contributed by atoms with E-state index >= 15 is 0 Å². The Morgan fingerprint density at radius 2 is 2.07 bits per heavy atom. The summed E-state index contributed by atoms with van der Waals surface area (Å²) in [6.07, 6.45) is 3.77. The summed E-state index contributed by atoms with van der Waals surface area (Å²) in [4.78, 5) is 29.6. The molecular weight excluding hydrogens is 340 g/mol. The SMILES string of the molecule is CC1CCN(Cc2ccc3[nH]c(-c4c[c]cn(C(N)=O)c4=O)cc3c2)CC1.